The third-order valence-corrected chi connectivity index (χ3v) is 6.95. The number of unbranched alkanes of at least 4 members (excludes halogenated alkanes) is 2. The zero-order chi connectivity index (χ0) is 26.8. The zero-order valence-corrected chi connectivity index (χ0v) is 23.4. The van der Waals surface area contributed by atoms with Crippen LogP contribution < -0.4 is 5.73 Å². The second-order valence-electron chi connectivity index (χ2n) is 9.00. The fourth-order valence-electron chi connectivity index (χ4n) is 3.44. The van der Waals surface area contributed by atoms with E-state index in [0.717, 1.165) is 42.4 Å². The van der Waals surface area contributed by atoms with Crippen LogP contribution in [0.5, 0.6) is 0 Å². The van der Waals surface area contributed by atoms with Crippen molar-refractivity contribution in [3.63, 3.8) is 0 Å². The molecule has 0 heterocycles. The highest BCUT2D eigenvalue weighted by atomic mass is 35.5. The number of amides is 1. The molecular weight excluding hydrogens is 490 g/mol. The van der Waals surface area contributed by atoms with E-state index in [1.54, 1.807) is 19.1 Å². The quantitative estimate of drug-likeness (QED) is 0.0761. The van der Waals surface area contributed by atoms with E-state index in [1.165, 1.54) is 16.7 Å². The maximum absolute atomic E-state index is 12.8. The first-order valence-electron chi connectivity index (χ1n) is 12.1. The molecule has 0 unspecified atom stereocenters. The van der Waals surface area contributed by atoms with Crippen LogP contribution in [0.2, 0.25) is 5.02 Å². The van der Waals surface area contributed by atoms with Crippen LogP contribution in [0, 0.1) is 12.8 Å². The highest BCUT2D eigenvalue weighted by Crippen LogP contribution is 2.39. The number of amidine groups is 1. The van der Waals surface area contributed by atoms with Gasteiger partial charge in [0.15, 0.2) is 5.78 Å². The van der Waals surface area contributed by atoms with E-state index in [9.17, 15) is 9.59 Å². The lowest BCUT2D eigenvalue weighted by Crippen LogP contribution is -2.26. The van der Waals surface area contributed by atoms with Gasteiger partial charge in [0.05, 0.1) is 17.1 Å². The van der Waals surface area contributed by atoms with Crippen molar-refractivity contribution in [2.24, 2.45) is 10.9 Å². The van der Waals surface area contributed by atoms with Gasteiger partial charge in [0.1, 0.15) is 5.84 Å². The Labute approximate surface area is 224 Å². The number of hydrogen-bond donors (Lipinski definition) is 1. The van der Waals surface area contributed by atoms with Crippen LogP contribution in [0.1, 0.15) is 63.6 Å². The van der Waals surface area contributed by atoms with Crippen molar-refractivity contribution in [3.8, 4) is 0 Å². The summed E-state index contributed by atoms with van der Waals surface area (Å²) in [5.41, 5.74) is 10.2. The standard InChI is InChI=1S/C29H36ClN3O2S/c1-7-8-9-10-28(29(35)19(2)3)36-21(5)25-16-27(20(4)15-26(25)31)32-22(6)33(18-34)17-23-11-13-24(30)14-12-23/h10-16,18-19H,5,7-9,17,31H2,1-4,6H3/b28-10-,32-22?. The number of aliphatic imine (C=N–C) groups is 1. The number of allylic oxidation sites excluding steroid dienone is 2. The normalized spacial score (nSPS) is 12.1. The van der Waals surface area contributed by atoms with Gasteiger partial charge >= 0.3 is 0 Å². The highest BCUT2D eigenvalue weighted by molar-refractivity contribution is 8.12. The number of halogens is 1. The molecule has 0 aliphatic carbocycles. The van der Waals surface area contributed by atoms with Crippen molar-refractivity contribution in [2.75, 3.05) is 5.73 Å². The van der Waals surface area contributed by atoms with Gasteiger partial charge in [-0.15, -0.1) is 0 Å². The number of carbonyl (C=O) groups excluding carboxylic acids is 2. The molecule has 0 radical (unpaired) electrons. The van der Waals surface area contributed by atoms with Crippen molar-refractivity contribution < 1.29 is 9.59 Å². The molecule has 0 saturated heterocycles. The number of Topliss-reactive ketones (excluding diaryl/α,β-unsaturated/α-hetero) is 1. The SMILES string of the molecule is C=C(S/C(=C\CCCC)C(=O)C(C)C)c1cc(N=C(C)N(C=O)Cc2ccc(Cl)cc2)c(C)cc1N. The number of nitrogens with zero attached hydrogens (tertiary/aromatic N) is 2. The lowest BCUT2D eigenvalue weighted by Gasteiger charge is -2.18. The van der Waals surface area contributed by atoms with Crippen LogP contribution in [0.4, 0.5) is 11.4 Å². The Morgan fingerprint density at radius 1 is 1.25 bits per heavy atom. The Morgan fingerprint density at radius 3 is 2.50 bits per heavy atom. The summed E-state index contributed by atoms with van der Waals surface area (Å²) in [4.78, 5) is 32.3. The second kappa shape index (κ2) is 14.0. The summed E-state index contributed by atoms with van der Waals surface area (Å²) >= 11 is 7.33. The molecule has 0 saturated carbocycles. The fourth-order valence-corrected chi connectivity index (χ4v) is 4.65. The van der Waals surface area contributed by atoms with Crippen molar-refractivity contribution in [2.45, 2.75) is 60.4 Å². The van der Waals surface area contributed by atoms with Gasteiger partial charge in [-0.25, -0.2) is 4.99 Å². The summed E-state index contributed by atoms with van der Waals surface area (Å²) in [6.07, 6.45) is 5.70. The van der Waals surface area contributed by atoms with Gasteiger partial charge < -0.3 is 5.73 Å². The average molecular weight is 526 g/mol. The van der Waals surface area contributed by atoms with E-state index < -0.39 is 0 Å². The maximum atomic E-state index is 12.8. The summed E-state index contributed by atoms with van der Waals surface area (Å²) < 4.78 is 0. The lowest BCUT2D eigenvalue weighted by atomic mass is 10.1. The van der Waals surface area contributed by atoms with Crippen molar-refractivity contribution in [1.82, 2.24) is 4.90 Å². The minimum Gasteiger partial charge on any atom is -0.398 e. The molecule has 2 aromatic carbocycles. The molecule has 192 valence electrons. The molecule has 36 heavy (non-hydrogen) atoms. The van der Waals surface area contributed by atoms with Crippen LogP contribution in [0.15, 0.2) is 59.0 Å². The molecule has 0 fully saturated rings. The van der Waals surface area contributed by atoms with E-state index in [-0.39, 0.29) is 11.7 Å². The van der Waals surface area contributed by atoms with Crippen molar-refractivity contribution in [3.05, 3.63) is 75.7 Å². The Balaban J connectivity index is 2.34. The van der Waals surface area contributed by atoms with Gasteiger partial charge in [0, 0.05) is 27.1 Å². The molecule has 0 aliphatic rings. The third-order valence-electron chi connectivity index (χ3n) is 5.65. The van der Waals surface area contributed by atoms with Crippen LogP contribution in [0.25, 0.3) is 4.91 Å². The number of anilines is 1. The van der Waals surface area contributed by atoms with Crippen LogP contribution in [-0.4, -0.2) is 22.9 Å². The van der Waals surface area contributed by atoms with Gasteiger partial charge in [-0.3, -0.25) is 14.5 Å². The number of thioether (sulfide) groups is 1. The maximum Gasteiger partial charge on any atom is 0.215 e. The van der Waals surface area contributed by atoms with Gasteiger partial charge in [0.2, 0.25) is 6.41 Å². The van der Waals surface area contributed by atoms with Crippen molar-refractivity contribution in [1.29, 1.82) is 0 Å². The molecule has 2 rings (SSSR count). The molecular formula is C29H36ClN3O2S. The number of aryl methyl sites for hydroxylation is 1. The monoisotopic (exact) mass is 525 g/mol. The third kappa shape index (κ3) is 8.38. The Kier molecular flexibility index (Phi) is 11.5. The molecule has 0 aliphatic heterocycles. The average Bonchev–Trinajstić information content (AvgIpc) is 2.84. The number of hydrogen-bond acceptors (Lipinski definition) is 5. The van der Waals surface area contributed by atoms with Gasteiger partial charge in [-0.2, -0.15) is 0 Å². The van der Waals surface area contributed by atoms with Gasteiger partial charge in [-0.1, -0.05) is 81.8 Å². The number of ketones is 1. The minimum atomic E-state index is -0.105. The molecule has 2 aromatic rings. The number of nitrogens with two attached hydrogens (primary N) is 1. The van der Waals surface area contributed by atoms with E-state index in [2.05, 4.69) is 13.5 Å². The van der Waals surface area contributed by atoms with Gasteiger partial charge in [-0.05, 0) is 55.7 Å². The summed E-state index contributed by atoms with van der Waals surface area (Å²) in [5.74, 6) is 0.541. The zero-order valence-electron chi connectivity index (χ0n) is 21.8. The molecule has 0 atom stereocenters. The summed E-state index contributed by atoms with van der Waals surface area (Å²) in [6, 6.07) is 11.1. The smallest absolute Gasteiger partial charge is 0.215 e. The molecule has 7 heteroatoms. The molecule has 1 amide bonds. The van der Waals surface area contributed by atoms with Crippen molar-refractivity contribution >= 4 is 57.7 Å². The van der Waals surface area contributed by atoms with Gasteiger partial charge in [0.25, 0.3) is 0 Å². The topological polar surface area (TPSA) is 75.8 Å². The van der Waals surface area contributed by atoms with E-state index >= 15 is 0 Å². The van der Waals surface area contributed by atoms with E-state index in [1.807, 2.05) is 51.1 Å². The number of rotatable bonds is 12. The first kappa shape index (κ1) is 29.4. The highest BCUT2D eigenvalue weighted by Gasteiger charge is 2.18. The van der Waals surface area contributed by atoms with Crippen LogP contribution in [0.3, 0.4) is 0 Å². The second-order valence-corrected chi connectivity index (χ2v) is 10.6. The predicted octanol–water partition coefficient (Wildman–Crippen LogP) is 7.94. The largest absolute Gasteiger partial charge is 0.398 e. The summed E-state index contributed by atoms with van der Waals surface area (Å²) in [7, 11) is 0. The fraction of sp³-hybridized carbons (Fsp3) is 0.345. The summed E-state index contributed by atoms with van der Waals surface area (Å²) in [6.45, 7) is 14.2. The Hall–Kier alpha value is -2.83. The summed E-state index contributed by atoms with van der Waals surface area (Å²) in [5, 5.41) is 0.642. The van der Waals surface area contributed by atoms with Crippen LogP contribution >= 0.6 is 23.4 Å². The Bertz CT molecular complexity index is 1150. The predicted molar refractivity (Wildman–Crippen MR) is 155 cm³/mol. The molecule has 5 nitrogen and oxygen atoms in total. The molecule has 0 spiro atoms. The lowest BCUT2D eigenvalue weighted by molar-refractivity contribution is -0.117. The first-order chi connectivity index (χ1) is 17.1. The molecule has 2 N–H and O–H groups in total. The number of benzene rings is 2. The Morgan fingerprint density at radius 2 is 1.92 bits per heavy atom. The van der Waals surface area contributed by atoms with Crippen LogP contribution in [-0.2, 0) is 16.1 Å². The van der Waals surface area contributed by atoms with E-state index in [4.69, 9.17) is 22.3 Å². The first-order valence-corrected chi connectivity index (χ1v) is 13.3. The number of nitrogen functional groups attached to an aromatic ring is 1. The molecule has 0 aromatic heterocycles. The molecule has 0 bridgehead atoms. The minimum absolute atomic E-state index is 0.0980. The number of carbonyl (C=O) groups is 2. The van der Waals surface area contributed by atoms with E-state index in [0.29, 0.717) is 38.6 Å².